The molecule has 0 spiro atoms. The van der Waals surface area contributed by atoms with Gasteiger partial charge in [0.1, 0.15) is 5.75 Å². The lowest BCUT2D eigenvalue weighted by Gasteiger charge is -2.21. The monoisotopic (exact) mass is 440 g/mol. The van der Waals surface area contributed by atoms with E-state index in [0.717, 1.165) is 23.4 Å². The van der Waals surface area contributed by atoms with Crippen LogP contribution in [0.2, 0.25) is 0 Å². The summed E-state index contributed by atoms with van der Waals surface area (Å²) in [6.45, 7) is 0. The SMILES string of the molecule is COc1cccc(CCc2cc(N(NC(=O)c3ccccc3)C(=O)c3ccccc3)[nH]n2)c1. The van der Waals surface area contributed by atoms with E-state index in [1.54, 1.807) is 61.7 Å². The van der Waals surface area contributed by atoms with Gasteiger partial charge in [-0.2, -0.15) is 10.1 Å². The van der Waals surface area contributed by atoms with Crippen molar-refractivity contribution in [2.45, 2.75) is 12.8 Å². The maximum atomic E-state index is 13.2. The van der Waals surface area contributed by atoms with Gasteiger partial charge in [0.05, 0.1) is 12.8 Å². The Morgan fingerprint density at radius 2 is 1.58 bits per heavy atom. The van der Waals surface area contributed by atoms with Crippen molar-refractivity contribution >= 4 is 17.6 Å². The Hall–Kier alpha value is -4.39. The molecule has 4 aromatic rings. The number of methoxy groups -OCH3 is 1. The predicted octanol–water partition coefficient (Wildman–Crippen LogP) is 4.20. The summed E-state index contributed by atoms with van der Waals surface area (Å²) in [5.41, 5.74) is 5.49. The van der Waals surface area contributed by atoms with Gasteiger partial charge in [0.15, 0.2) is 5.82 Å². The van der Waals surface area contributed by atoms with Gasteiger partial charge in [0, 0.05) is 17.2 Å². The number of aromatic nitrogens is 2. The molecule has 0 radical (unpaired) electrons. The first-order valence-corrected chi connectivity index (χ1v) is 10.6. The molecular weight excluding hydrogens is 416 g/mol. The molecule has 33 heavy (non-hydrogen) atoms. The number of hydrogen-bond acceptors (Lipinski definition) is 4. The lowest BCUT2D eigenvalue weighted by Crippen LogP contribution is -2.46. The topological polar surface area (TPSA) is 87.3 Å². The molecule has 0 fully saturated rings. The van der Waals surface area contributed by atoms with Gasteiger partial charge >= 0.3 is 0 Å². The van der Waals surface area contributed by atoms with E-state index in [1.165, 1.54) is 5.01 Å². The zero-order chi connectivity index (χ0) is 23.0. The van der Waals surface area contributed by atoms with Crippen LogP contribution >= 0.6 is 0 Å². The molecule has 1 aromatic heterocycles. The van der Waals surface area contributed by atoms with E-state index in [4.69, 9.17) is 4.74 Å². The third kappa shape index (κ3) is 5.46. The second-order valence-electron chi connectivity index (χ2n) is 7.41. The minimum atomic E-state index is -0.396. The second kappa shape index (κ2) is 10.3. The maximum absolute atomic E-state index is 13.2. The number of nitrogens with one attached hydrogen (secondary N) is 2. The number of rotatable bonds is 7. The molecule has 7 nitrogen and oxygen atoms in total. The van der Waals surface area contributed by atoms with Gasteiger partial charge in [-0.1, -0.05) is 48.5 Å². The van der Waals surface area contributed by atoms with Crippen molar-refractivity contribution in [3.63, 3.8) is 0 Å². The first-order valence-electron chi connectivity index (χ1n) is 10.6. The van der Waals surface area contributed by atoms with E-state index in [2.05, 4.69) is 15.6 Å². The summed E-state index contributed by atoms with van der Waals surface area (Å²) in [7, 11) is 1.64. The molecule has 0 atom stereocenters. The molecule has 0 saturated carbocycles. The first-order chi connectivity index (χ1) is 16.1. The van der Waals surface area contributed by atoms with Crippen molar-refractivity contribution in [1.82, 2.24) is 15.6 Å². The van der Waals surface area contributed by atoms with Crippen molar-refractivity contribution in [2.75, 3.05) is 12.1 Å². The van der Waals surface area contributed by atoms with Gasteiger partial charge in [-0.25, -0.2) is 0 Å². The third-order valence-electron chi connectivity index (χ3n) is 5.14. The van der Waals surface area contributed by atoms with Crippen LogP contribution in [0.25, 0.3) is 0 Å². The number of hydrogen-bond donors (Lipinski definition) is 2. The summed E-state index contributed by atoms with van der Waals surface area (Å²) in [5.74, 6) is 0.419. The second-order valence-corrected chi connectivity index (χ2v) is 7.41. The number of H-pyrrole nitrogens is 1. The summed E-state index contributed by atoms with van der Waals surface area (Å²) in [6, 6.07) is 27.1. The van der Waals surface area contributed by atoms with Crippen molar-refractivity contribution in [3.8, 4) is 5.75 Å². The van der Waals surface area contributed by atoms with Crippen LogP contribution in [0.4, 0.5) is 5.82 Å². The van der Waals surface area contributed by atoms with Crippen molar-refractivity contribution < 1.29 is 14.3 Å². The van der Waals surface area contributed by atoms with Crippen molar-refractivity contribution in [1.29, 1.82) is 0 Å². The predicted molar refractivity (Wildman–Crippen MR) is 126 cm³/mol. The number of nitrogens with zero attached hydrogens (tertiary/aromatic N) is 2. The molecule has 0 aliphatic carbocycles. The number of ether oxygens (including phenoxy) is 1. The number of aromatic amines is 1. The third-order valence-corrected chi connectivity index (χ3v) is 5.14. The van der Waals surface area contributed by atoms with Crippen LogP contribution in [0.1, 0.15) is 32.0 Å². The molecule has 2 N–H and O–H groups in total. The highest BCUT2D eigenvalue weighted by Gasteiger charge is 2.22. The number of amides is 2. The van der Waals surface area contributed by atoms with Crippen molar-refractivity contribution in [2.24, 2.45) is 0 Å². The van der Waals surface area contributed by atoms with Crippen molar-refractivity contribution in [3.05, 3.63) is 113 Å². The quantitative estimate of drug-likeness (QED) is 0.422. The lowest BCUT2D eigenvalue weighted by atomic mass is 10.1. The molecule has 0 saturated heterocycles. The number of anilines is 1. The normalized spacial score (nSPS) is 10.5. The Bertz CT molecular complexity index is 1220. The van der Waals surface area contributed by atoms with E-state index in [-0.39, 0.29) is 5.91 Å². The molecule has 0 aliphatic heterocycles. The minimum absolute atomic E-state index is 0.372. The summed E-state index contributed by atoms with van der Waals surface area (Å²) >= 11 is 0. The summed E-state index contributed by atoms with van der Waals surface area (Å²) < 4.78 is 5.28. The van der Waals surface area contributed by atoms with Crippen LogP contribution in [0, 0.1) is 0 Å². The van der Waals surface area contributed by atoms with Crippen LogP contribution in [-0.4, -0.2) is 29.1 Å². The Balaban J connectivity index is 1.54. The smallest absolute Gasteiger partial charge is 0.278 e. The minimum Gasteiger partial charge on any atom is -0.497 e. The van der Waals surface area contributed by atoms with Gasteiger partial charge in [0.2, 0.25) is 0 Å². The summed E-state index contributed by atoms with van der Waals surface area (Å²) in [5, 5.41) is 8.44. The fourth-order valence-corrected chi connectivity index (χ4v) is 3.38. The molecule has 0 bridgehead atoms. The van der Waals surface area contributed by atoms with E-state index in [9.17, 15) is 9.59 Å². The van der Waals surface area contributed by atoms with Gasteiger partial charge in [-0.3, -0.25) is 20.1 Å². The Morgan fingerprint density at radius 3 is 2.27 bits per heavy atom. The average molecular weight is 441 g/mol. The number of benzene rings is 3. The number of hydrazine groups is 1. The highest BCUT2D eigenvalue weighted by molar-refractivity contribution is 6.08. The van der Waals surface area contributed by atoms with Gasteiger partial charge in [-0.15, -0.1) is 0 Å². The lowest BCUT2D eigenvalue weighted by molar-refractivity contribution is 0.0886. The van der Waals surface area contributed by atoms with Crippen LogP contribution in [0.15, 0.2) is 91.0 Å². The molecule has 3 aromatic carbocycles. The average Bonchev–Trinajstić information content (AvgIpc) is 3.35. The van der Waals surface area contributed by atoms with E-state index in [0.29, 0.717) is 23.4 Å². The van der Waals surface area contributed by atoms with Gasteiger partial charge in [-0.05, 0) is 54.8 Å². The molecule has 2 amide bonds. The summed E-state index contributed by atoms with van der Waals surface area (Å²) in [6.07, 6.45) is 1.41. The highest BCUT2D eigenvalue weighted by Crippen LogP contribution is 2.18. The van der Waals surface area contributed by atoms with E-state index in [1.807, 2.05) is 36.4 Å². The number of carbonyl (C=O) groups is 2. The Kier molecular flexibility index (Phi) is 6.80. The fourth-order valence-electron chi connectivity index (χ4n) is 3.38. The maximum Gasteiger partial charge on any atom is 0.278 e. The molecule has 7 heteroatoms. The van der Waals surface area contributed by atoms with E-state index >= 15 is 0 Å². The van der Waals surface area contributed by atoms with Gasteiger partial charge < -0.3 is 4.74 Å². The molecule has 1 heterocycles. The Morgan fingerprint density at radius 1 is 0.879 bits per heavy atom. The van der Waals surface area contributed by atoms with Gasteiger partial charge in [0.25, 0.3) is 11.8 Å². The standard InChI is InChI=1S/C26H24N4O3/c1-33-23-14-8-9-19(17-23)15-16-22-18-24(28-27-22)30(26(32)21-12-6-3-7-13-21)29-25(31)20-10-4-2-5-11-20/h2-14,17-18H,15-16H2,1H3,(H,27,28)(H,29,31). The van der Waals surface area contributed by atoms with E-state index < -0.39 is 5.91 Å². The highest BCUT2D eigenvalue weighted by atomic mass is 16.5. The molecule has 4 rings (SSSR count). The number of aryl methyl sites for hydroxylation is 2. The molecule has 0 aliphatic rings. The molecule has 0 unspecified atom stereocenters. The fraction of sp³-hybridized carbons (Fsp3) is 0.115. The summed E-state index contributed by atoms with van der Waals surface area (Å²) in [4.78, 5) is 26.0. The molecular formula is C26H24N4O3. The van der Waals surface area contributed by atoms with Crippen LogP contribution in [-0.2, 0) is 12.8 Å². The van der Waals surface area contributed by atoms with Crippen LogP contribution in [0.5, 0.6) is 5.75 Å². The zero-order valence-electron chi connectivity index (χ0n) is 18.2. The largest absolute Gasteiger partial charge is 0.497 e. The number of carbonyl (C=O) groups excluding carboxylic acids is 2. The van der Waals surface area contributed by atoms with Crippen LogP contribution in [0.3, 0.4) is 0 Å². The zero-order valence-corrected chi connectivity index (χ0v) is 18.2. The molecule has 166 valence electrons. The first kappa shape index (κ1) is 21.8. The Labute approximate surface area is 192 Å². The van der Waals surface area contributed by atoms with Crippen LogP contribution < -0.4 is 15.2 Å².